The molecular weight excluding hydrogens is 236 g/mol. The van der Waals surface area contributed by atoms with Crippen LogP contribution in [0.1, 0.15) is 10.5 Å². The maximum absolute atomic E-state index is 11.4. The average molecular weight is 244 g/mol. The van der Waals surface area contributed by atoms with Crippen LogP contribution in [0.4, 0.5) is 0 Å². The summed E-state index contributed by atoms with van der Waals surface area (Å²) >= 11 is 1.55. The fourth-order valence-electron chi connectivity index (χ4n) is 1.67. The molecule has 0 spiro atoms. The van der Waals surface area contributed by atoms with E-state index in [1.165, 1.54) is 0 Å². The SMILES string of the molecule is NC(=O)c1nc2ccnn2cc1-c1ccsc1. The summed E-state index contributed by atoms with van der Waals surface area (Å²) in [6, 6.07) is 3.65. The van der Waals surface area contributed by atoms with Crippen molar-refractivity contribution in [2.24, 2.45) is 5.73 Å². The van der Waals surface area contributed by atoms with E-state index in [-0.39, 0.29) is 5.69 Å². The van der Waals surface area contributed by atoms with Gasteiger partial charge in [-0.05, 0) is 22.4 Å². The van der Waals surface area contributed by atoms with Crippen molar-refractivity contribution in [2.75, 3.05) is 0 Å². The summed E-state index contributed by atoms with van der Waals surface area (Å²) < 4.78 is 1.62. The number of carbonyl (C=O) groups is 1. The quantitative estimate of drug-likeness (QED) is 0.743. The molecule has 5 nitrogen and oxygen atoms in total. The lowest BCUT2D eigenvalue weighted by molar-refractivity contribution is 0.0996. The van der Waals surface area contributed by atoms with Crippen LogP contribution in [-0.2, 0) is 0 Å². The standard InChI is InChI=1S/C11H8N4OS/c12-11(16)10-8(7-2-4-17-6-7)5-15-9(14-10)1-3-13-15/h1-6H,(H2,12,16). The molecule has 84 valence electrons. The van der Waals surface area contributed by atoms with Crippen LogP contribution in [-0.4, -0.2) is 20.5 Å². The Hall–Kier alpha value is -2.21. The van der Waals surface area contributed by atoms with E-state index >= 15 is 0 Å². The molecule has 3 aromatic rings. The smallest absolute Gasteiger partial charge is 0.268 e. The van der Waals surface area contributed by atoms with Gasteiger partial charge in [0.1, 0.15) is 5.69 Å². The first-order valence-electron chi connectivity index (χ1n) is 4.92. The largest absolute Gasteiger partial charge is 0.364 e. The molecule has 1 amide bonds. The maximum Gasteiger partial charge on any atom is 0.268 e. The second-order valence-electron chi connectivity index (χ2n) is 3.51. The van der Waals surface area contributed by atoms with Crippen molar-refractivity contribution in [1.82, 2.24) is 14.6 Å². The number of amides is 1. The van der Waals surface area contributed by atoms with Crippen molar-refractivity contribution in [3.63, 3.8) is 0 Å². The van der Waals surface area contributed by atoms with Crippen LogP contribution in [0.15, 0.2) is 35.3 Å². The van der Waals surface area contributed by atoms with Crippen LogP contribution in [0.25, 0.3) is 16.8 Å². The first-order valence-corrected chi connectivity index (χ1v) is 5.87. The summed E-state index contributed by atoms with van der Waals surface area (Å²) in [6.45, 7) is 0. The number of fused-ring (bicyclic) bond motifs is 1. The lowest BCUT2D eigenvalue weighted by Gasteiger charge is -2.04. The summed E-state index contributed by atoms with van der Waals surface area (Å²) in [4.78, 5) is 15.6. The molecule has 0 aliphatic rings. The summed E-state index contributed by atoms with van der Waals surface area (Å²) in [5.74, 6) is -0.532. The minimum absolute atomic E-state index is 0.274. The molecule has 17 heavy (non-hydrogen) atoms. The minimum Gasteiger partial charge on any atom is -0.364 e. The molecule has 6 heteroatoms. The van der Waals surface area contributed by atoms with Gasteiger partial charge in [0.25, 0.3) is 5.91 Å². The molecule has 0 fully saturated rings. The normalized spacial score (nSPS) is 10.8. The number of hydrogen-bond acceptors (Lipinski definition) is 4. The molecule has 3 aromatic heterocycles. The molecule has 0 atom stereocenters. The van der Waals surface area contributed by atoms with Crippen LogP contribution in [0.3, 0.4) is 0 Å². The Balaban J connectivity index is 2.34. The van der Waals surface area contributed by atoms with Gasteiger partial charge in [0.15, 0.2) is 5.65 Å². The highest BCUT2D eigenvalue weighted by Crippen LogP contribution is 2.24. The Morgan fingerprint density at radius 3 is 3.00 bits per heavy atom. The Kier molecular flexibility index (Phi) is 2.15. The fourth-order valence-corrected chi connectivity index (χ4v) is 2.33. The number of hydrogen-bond donors (Lipinski definition) is 1. The topological polar surface area (TPSA) is 73.3 Å². The zero-order chi connectivity index (χ0) is 11.8. The van der Waals surface area contributed by atoms with E-state index < -0.39 is 5.91 Å². The molecule has 0 aromatic carbocycles. The molecule has 0 radical (unpaired) electrons. The van der Waals surface area contributed by atoms with Gasteiger partial charge in [-0.2, -0.15) is 16.4 Å². The van der Waals surface area contributed by atoms with E-state index in [9.17, 15) is 4.79 Å². The van der Waals surface area contributed by atoms with Gasteiger partial charge in [0.05, 0.1) is 6.20 Å². The molecule has 0 aliphatic heterocycles. The summed E-state index contributed by atoms with van der Waals surface area (Å²) in [5, 5.41) is 7.98. The number of thiophene rings is 1. The predicted octanol–water partition coefficient (Wildman–Crippen LogP) is 1.56. The van der Waals surface area contributed by atoms with Gasteiger partial charge in [0.2, 0.25) is 0 Å². The van der Waals surface area contributed by atoms with Gasteiger partial charge in [-0.1, -0.05) is 0 Å². The number of primary amides is 1. The third-order valence-corrected chi connectivity index (χ3v) is 3.13. The minimum atomic E-state index is -0.532. The van der Waals surface area contributed by atoms with Gasteiger partial charge in [0, 0.05) is 17.8 Å². The Labute approximate surface area is 101 Å². The predicted molar refractivity (Wildman–Crippen MR) is 64.8 cm³/mol. The number of nitrogens with two attached hydrogens (primary N) is 1. The van der Waals surface area contributed by atoms with Gasteiger partial charge >= 0.3 is 0 Å². The van der Waals surface area contributed by atoms with Crippen LogP contribution >= 0.6 is 11.3 Å². The molecular formula is C11H8N4OS. The van der Waals surface area contributed by atoms with Gasteiger partial charge < -0.3 is 5.73 Å². The molecule has 2 N–H and O–H groups in total. The fraction of sp³-hybridized carbons (Fsp3) is 0. The second-order valence-corrected chi connectivity index (χ2v) is 4.29. The van der Waals surface area contributed by atoms with Crippen LogP contribution < -0.4 is 5.73 Å². The van der Waals surface area contributed by atoms with E-state index in [0.717, 1.165) is 5.56 Å². The molecule has 3 rings (SSSR count). The van der Waals surface area contributed by atoms with Crippen LogP contribution in [0, 0.1) is 0 Å². The lowest BCUT2D eigenvalue weighted by atomic mass is 10.1. The highest BCUT2D eigenvalue weighted by Gasteiger charge is 2.14. The highest BCUT2D eigenvalue weighted by atomic mass is 32.1. The number of rotatable bonds is 2. The van der Waals surface area contributed by atoms with Crippen LogP contribution in [0.5, 0.6) is 0 Å². The summed E-state index contributed by atoms with van der Waals surface area (Å²) in [5.41, 5.74) is 7.86. The molecule has 0 bridgehead atoms. The van der Waals surface area contributed by atoms with Gasteiger partial charge in [-0.25, -0.2) is 9.50 Å². The van der Waals surface area contributed by atoms with E-state index in [4.69, 9.17) is 5.73 Å². The average Bonchev–Trinajstić information content (AvgIpc) is 2.98. The third kappa shape index (κ3) is 1.58. The van der Waals surface area contributed by atoms with Crippen molar-refractivity contribution in [3.8, 4) is 11.1 Å². The van der Waals surface area contributed by atoms with E-state index in [0.29, 0.717) is 11.2 Å². The van der Waals surface area contributed by atoms with Gasteiger partial charge in [-0.15, -0.1) is 0 Å². The zero-order valence-corrected chi connectivity index (χ0v) is 9.52. The monoisotopic (exact) mass is 244 g/mol. The maximum atomic E-state index is 11.4. The first kappa shape index (κ1) is 9.98. The second kappa shape index (κ2) is 3.67. The Bertz CT molecular complexity index is 687. The molecule has 0 saturated carbocycles. The number of aromatic nitrogens is 3. The number of carbonyl (C=O) groups excluding carboxylic acids is 1. The van der Waals surface area contributed by atoms with E-state index in [1.807, 2.05) is 16.8 Å². The highest BCUT2D eigenvalue weighted by molar-refractivity contribution is 7.08. The summed E-state index contributed by atoms with van der Waals surface area (Å²) in [6.07, 6.45) is 3.40. The lowest BCUT2D eigenvalue weighted by Crippen LogP contribution is -2.15. The molecule has 3 heterocycles. The molecule has 0 aliphatic carbocycles. The van der Waals surface area contributed by atoms with Crippen LogP contribution in [0.2, 0.25) is 0 Å². The van der Waals surface area contributed by atoms with E-state index in [1.54, 1.807) is 34.3 Å². The first-order chi connectivity index (χ1) is 8.25. The summed E-state index contributed by atoms with van der Waals surface area (Å²) in [7, 11) is 0. The Morgan fingerprint density at radius 2 is 2.29 bits per heavy atom. The van der Waals surface area contributed by atoms with Crippen molar-refractivity contribution in [2.45, 2.75) is 0 Å². The van der Waals surface area contributed by atoms with Crippen molar-refractivity contribution >= 4 is 22.9 Å². The van der Waals surface area contributed by atoms with Crippen molar-refractivity contribution < 1.29 is 4.79 Å². The Morgan fingerprint density at radius 1 is 1.41 bits per heavy atom. The van der Waals surface area contributed by atoms with Crippen molar-refractivity contribution in [1.29, 1.82) is 0 Å². The van der Waals surface area contributed by atoms with E-state index in [2.05, 4.69) is 10.1 Å². The zero-order valence-electron chi connectivity index (χ0n) is 8.70. The van der Waals surface area contributed by atoms with Gasteiger partial charge in [-0.3, -0.25) is 4.79 Å². The third-order valence-electron chi connectivity index (χ3n) is 2.45. The number of nitrogens with zero attached hydrogens (tertiary/aromatic N) is 3. The molecule has 0 unspecified atom stereocenters. The molecule has 0 saturated heterocycles. The van der Waals surface area contributed by atoms with Crippen molar-refractivity contribution in [3.05, 3.63) is 41.0 Å².